The van der Waals surface area contributed by atoms with Gasteiger partial charge in [-0.1, -0.05) is 11.6 Å². The van der Waals surface area contributed by atoms with E-state index in [-0.39, 0.29) is 12.2 Å². The summed E-state index contributed by atoms with van der Waals surface area (Å²) in [5, 5.41) is 10.0. The summed E-state index contributed by atoms with van der Waals surface area (Å²) in [5.74, 6) is 0.737. The summed E-state index contributed by atoms with van der Waals surface area (Å²) in [7, 11) is 0. The van der Waals surface area contributed by atoms with E-state index >= 15 is 0 Å². The number of halogens is 1. The maximum absolute atomic E-state index is 9.35. The highest BCUT2D eigenvalue weighted by molar-refractivity contribution is 6.30. The lowest BCUT2D eigenvalue weighted by Crippen LogP contribution is -2.26. The number of hydrogen-bond donors (Lipinski definition) is 1. The molecule has 1 aliphatic rings. The van der Waals surface area contributed by atoms with Crippen molar-refractivity contribution in [3.63, 3.8) is 0 Å². The van der Waals surface area contributed by atoms with E-state index < -0.39 is 0 Å². The second kappa shape index (κ2) is 4.86. The van der Waals surface area contributed by atoms with Crippen LogP contribution in [0.25, 0.3) is 0 Å². The van der Waals surface area contributed by atoms with Crippen LogP contribution in [0.3, 0.4) is 0 Å². The van der Waals surface area contributed by atoms with Gasteiger partial charge in [0, 0.05) is 11.1 Å². The Morgan fingerprint density at radius 3 is 2.60 bits per heavy atom. The Hall–Kier alpha value is -0.730. The van der Waals surface area contributed by atoms with Gasteiger partial charge in [0.05, 0.1) is 12.2 Å². The third-order valence-electron chi connectivity index (χ3n) is 2.68. The fraction of sp³-hybridized carbons (Fsp3) is 0.500. The molecule has 1 aromatic carbocycles. The predicted molar refractivity (Wildman–Crippen MR) is 59.2 cm³/mol. The second-order valence-corrected chi connectivity index (χ2v) is 4.36. The van der Waals surface area contributed by atoms with E-state index in [4.69, 9.17) is 16.3 Å². The van der Waals surface area contributed by atoms with Crippen LogP contribution < -0.4 is 4.74 Å². The highest BCUT2D eigenvalue weighted by Crippen LogP contribution is 2.24. The van der Waals surface area contributed by atoms with Gasteiger partial charge in [0.15, 0.2) is 0 Å². The highest BCUT2D eigenvalue weighted by Gasteiger charge is 2.20. The van der Waals surface area contributed by atoms with Gasteiger partial charge in [0.2, 0.25) is 0 Å². The number of rotatable bonds is 2. The average molecular weight is 226 g/mol. The van der Waals surface area contributed by atoms with Gasteiger partial charge in [-0.2, -0.15) is 0 Å². The molecular weight excluding hydrogens is 212 g/mol. The van der Waals surface area contributed by atoms with Crippen LogP contribution in [0.15, 0.2) is 18.2 Å². The van der Waals surface area contributed by atoms with Crippen molar-refractivity contribution in [2.24, 2.45) is 0 Å². The number of ether oxygens (including phenoxy) is 1. The molecule has 0 aliphatic heterocycles. The smallest absolute Gasteiger partial charge is 0.127 e. The van der Waals surface area contributed by atoms with Gasteiger partial charge in [-0.15, -0.1) is 0 Å². The first-order valence-electron chi connectivity index (χ1n) is 5.26. The van der Waals surface area contributed by atoms with E-state index in [1.165, 1.54) is 0 Å². The molecule has 1 N–H and O–H groups in total. The van der Waals surface area contributed by atoms with E-state index in [1.54, 1.807) is 12.1 Å². The van der Waals surface area contributed by atoms with Gasteiger partial charge in [0.25, 0.3) is 0 Å². The van der Waals surface area contributed by atoms with E-state index in [2.05, 4.69) is 6.07 Å². The quantitative estimate of drug-likeness (QED) is 0.839. The number of hydrogen-bond acceptors (Lipinski definition) is 2. The Morgan fingerprint density at radius 2 is 2.00 bits per heavy atom. The minimum atomic E-state index is -0.140. The first kappa shape index (κ1) is 10.8. The van der Waals surface area contributed by atoms with E-state index in [9.17, 15) is 5.11 Å². The standard InChI is InChI=1S/C12H14ClO2/c13-9-1-5-11(6-2-9)15-12-7-3-10(14)4-8-12/h1-2,5,10,12,14H,3-4,7-8H2. The molecule has 1 aliphatic carbocycles. The first-order chi connectivity index (χ1) is 7.24. The van der Waals surface area contributed by atoms with Gasteiger partial charge in [0.1, 0.15) is 5.75 Å². The Bertz CT molecular complexity index is 302. The molecule has 81 valence electrons. The van der Waals surface area contributed by atoms with Gasteiger partial charge in [-0.05, 0) is 43.9 Å². The number of aliphatic hydroxyl groups is 1. The normalized spacial score (nSPS) is 26.3. The molecule has 1 fully saturated rings. The molecule has 0 atom stereocenters. The lowest BCUT2D eigenvalue weighted by Gasteiger charge is -2.26. The summed E-state index contributed by atoms with van der Waals surface area (Å²) < 4.78 is 5.73. The lowest BCUT2D eigenvalue weighted by atomic mass is 9.95. The fourth-order valence-corrected chi connectivity index (χ4v) is 1.93. The van der Waals surface area contributed by atoms with Crippen LogP contribution in [-0.2, 0) is 0 Å². The van der Waals surface area contributed by atoms with Crippen molar-refractivity contribution in [2.45, 2.75) is 37.9 Å². The van der Waals surface area contributed by atoms with Crippen molar-refractivity contribution < 1.29 is 9.84 Å². The third-order valence-corrected chi connectivity index (χ3v) is 2.92. The molecule has 0 saturated heterocycles. The van der Waals surface area contributed by atoms with Gasteiger partial charge >= 0.3 is 0 Å². The van der Waals surface area contributed by atoms with Crippen LogP contribution in [0.4, 0.5) is 0 Å². The first-order valence-corrected chi connectivity index (χ1v) is 5.64. The molecule has 15 heavy (non-hydrogen) atoms. The van der Waals surface area contributed by atoms with Gasteiger partial charge in [-0.25, -0.2) is 0 Å². The van der Waals surface area contributed by atoms with Crippen molar-refractivity contribution in [1.29, 1.82) is 0 Å². The SMILES string of the molecule is OC1CCC(Oc2[c]cc(Cl)cc2)CC1. The Balaban J connectivity index is 1.89. The molecule has 1 aromatic rings. The average Bonchev–Trinajstić information content (AvgIpc) is 2.25. The summed E-state index contributed by atoms with van der Waals surface area (Å²) in [4.78, 5) is 0. The summed E-state index contributed by atoms with van der Waals surface area (Å²) in [5.41, 5.74) is 0. The van der Waals surface area contributed by atoms with Crippen molar-refractivity contribution in [3.8, 4) is 5.75 Å². The van der Waals surface area contributed by atoms with Crippen molar-refractivity contribution in [2.75, 3.05) is 0 Å². The topological polar surface area (TPSA) is 29.5 Å². The Morgan fingerprint density at radius 1 is 1.27 bits per heavy atom. The van der Waals surface area contributed by atoms with E-state index in [0.717, 1.165) is 31.4 Å². The Labute approximate surface area is 94.8 Å². The molecule has 2 nitrogen and oxygen atoms in total. The van der Waals surface area contributed by atoms with E-state index in [0.29, 0.717) is 5.02 Å². The van der Waals surface area contributed by atoms with Gasteiger partial charge < -0.3 is 9.84 Å². The summed E-state index contributed by atoms with van der Waals surface area (Å²) in [6.07, 6.45) is 3.57. The highest BCUT2D eigenvalue weighted by atomic mass is 35.5. The number of aliphatic hydroxyl groups excluding tert-OH is 1. The zero-order chi connectivity index (χ0) is 10.7. The minimum absolute atomic E-state index is 0.140. The van der Waals surface area contributed by atoms with Crippen LogP contribution >= 0.6 is 11.6 Å². The molecule has 1 radical (unpaired) electrons. The van der Waals surface area contributed by atoms with Crippen LogP contribution in [0.5, 0.6) is 5.75 Å². The van der Waals surface area contributed by atoms with Crippen LogP contribution in [-0.4, -0.2) is 17.3 Å². The van der Waals surface area contributed by atoms with Crippen molar-refractivity contribution in [3.05, 3.63) is 29.3 Å². The zero-order valence-electron chi connectivity index (χ0n) is 8.45. The van der Waals surface area contributed by atoms with Crippen molar-refractivity contribution >= 4 is 11.6 Å². The van der Waals surface area contributed by atoms with E-state index in [1.807, 2.05) is 6.07 Å². The van der Waals surface area contributed by atoms with Crippen LogP contribution in [0, 0.1) is 6.07 Å². The largest absolute Gasteiger partial charge is 0.490 e. The molecule has 0 aromatic heterocycles. The molecule has 3 heteroatoms. The predicted octanol–water partition coefficient (Wildman–Crippen LogP) is 2.82. The number of benzene rings is 1. The van der Waals surface area contributed by atoms with Crippen molar-refractivity contribution in [1.82, 2.24) is 0 Å². The molecular formula is C12H14ClO2. The Kier molecular flexibility index (Phi) is 3.49. The summed E-state index contributed by atoms with van der Waals surface area (Å²) >= 11 is 5.75. The van der Waals surface area contributed by atoms with Gasteiger partial charge in [-0.3, -0.25) is 0 Å². The molecule has 0 bridgehead atoms. The van der Waals surface area contributed by atoms with Crippen LogP contribution in [0.1, 0.15) is 25.7 Å². The molecule has 0 amide bonds. The third kappa shape index (κ3) is 3.11. The minimum Gasteiger partial charge on any atom is -0.490 e. The molecule has 0 unspecified atom stereocenters. The zero-order valence-corrected chi connectivity index (χ0v) is 9.20. The monoisotopic (exact) mass is 225 g/mol. The summed E-state index contributed by atoms with van der Waals surface area (Å²) in [6.45, 7) is 0. The molecule has 0 spiro atoms. The maximum Gasteiger partial charge on any atom is 0.127 e. The lowest BCUT2D eigenvalue weighted by molar-refractivity contribution is 0.0664. The molecule has 2 rings (SSSR count). The van der Waals surface area contributed by atoms with Crippen LogP contribution in [0.2, 0.25) is 5.02 Å². The molecule has 0 heterocycles. The molecule has 1 saturated carbocycles. The summed E-state index contributed by atoms with van der Waals surface area (Å²) in [6, 6.07) is 8.30. The fourth-order valence-electron chi connectivity index (χ4n) is 1.81. The second-order valence-electron chi connectivity index (χ2n) is 3.92. The maximum atomic E-state index is 9.35.